The largest absolute Gasteiger partial charge is 0.355 e. The topological polar surface area (TPSA) is 83.3 Å². The Kier molecular flexibility index (Phi) is 5.33. The predicted octanol–water partition coefficient (Wildman–Crippen LogP) is 0.762. The van der Waals surface area contributed by atoms with Crippen molar-refractivity contribution in [2.45, 2.75) is 6.42 Å². The normalized spacial score (nSPS) is 15.5. The number of nitrogens with one attached hydrogen (secondary N) is 2. The van der Waals surface area contributed by atoms with Gasteiger partial charge in [0.25, 0.3) is 5.91 Å². The van der Waals surface area contributed by atoms with Crippen molar-refractivity contribution in [1.82, 2.24) is 25.7 Å². The Morgan fingerprint density at radius 2 is 2.26 bits per heavy atom. The SMILES string of the molecule is O=C(NCCCN1CCNCC1)c1cc(-c2cccnc2)on1. The van der Waals surface area contributed by atoms with Gasteiger partial charge in [-0.15, -0.1) is 0 Å². The summed E-state index contributed by atoms with van der Waals surface area (Å²) in [4.78, 5) is 18.5. The number of piperazine rings is 1. The lowest BCUT2D eigenvalue weighted by molar-refractivity contribution is 0.0942. The fourth-order valence-corrected chi connectivity index (χ4v) is 2.56. The molecule has 2 N–H and O–H groups in total. The molecule has 1 aliphatic heterocycles. The zero-order valence-electron chi connectivity index (χ0n) is 13.0. The van der Waals surface area contributed by atoms with Gasteiger partial charge < -0.3 is 20.1 Å². The molecule has 3 rings (SSSR count). The fourth-order valence-electron chi connectivity index (χ4n) is 2.56. The van der Waals surface area contributed by atoms with Crippen LogP contribution in [0.1, 0.15) is 16.9 Å². The van der Waals surface area contributed by atoms with Crippen LogP contribution in [-0.2, 0) is 0 Å². The third kappa shape index (κ3) is 4.37. The highest BCUT2D eigenvalue weighted by molar-refractivity contribution is 5.93. The van der Waals surface area contributed by atoms with Crippen LogP contribution < -0.4 is 10.6 Å². The lowest BCUT2D eigenvalue weighted by Gasteiger charge is -2.26. The highest BCUT2D eigenvalue weighted by Gasteiger charge is 2.14. The van der Waals surface area contributed by atoms with Crippen molar-refractivity contribution in [3.8, 4) is 11.3 Å². The number of aromatic nitrogens is 2. The molecule has 0 atom stereocenters. The van der Waals surface area contributed by atoms with E-state index in [1.54, 1.807) is 18.5 Å². The molecule has 0 spiro atoms. The maximum absolute atomic E-state index is 12.1. The third-order valence-corrected chi connectivity index (χ3v) is 3.84. The Hall–Kier alpha value is -2.25. The zero-order chi connectivity index (χ0) is 15.9. The Balaban J connectivity index is 1.44. The number of nitrogens with zero attached hydrogens (tertiary/aromatic N) is 3. The molecular formula is C16H21N5O2. The second-order valence-corrected chi connectivity index (χ2v) is 5.52. The van der Waals surface area contributed by atoms with Crippen molar-refractivity contribution in [1.29, 1.82) is 0 Å². The molecule has 7 nitrogen and oxygen atoms in total. The van der Waals surface area contributed by atoms with Gasteiger partial charge in [0.15, 0.2) is 11.5 Å². The van der Waals surface area contributed by atoms with Gasteiger partial charge in [-0.2, -0.15) is 0 Å². The van der Waals surface area contributed by atoms with Crippen molar-refractivity contribution in [2.24, 2.45) is 0 Å². The summed E-state index contributed by atoms with van der Waals surface area (Å²) in [6.45, 7) is 5.88. The Morgan fingerprint density at radius 3 is 3.04 bits per heavy atom. The van der Waals surface area contributed by atoms with Crippen LogP contribution in [0.2, 0.25) is 0 Å². The van der Waals surface area contributed by atoms with E-state index in [0.29, 0.717) is 18.0 Å². The van der Waals surface area contributed by atoms with Crippen molar-refractivity contribution < 1.29 is 9.32 Å². The maximum Gasteiger partial charge on any atom is 0.273 e. The van der Waals surface area contributed by atoms with E-state index in [1.807, 2.05) is 12.1 Å². The summed E-state index contributed by atoms with van der Waals surface area (Å²) in [6, 6.07) is 5.32. The average molecular weight is 315 g/mol. The molecule has 0 saturated carbocycles. The molecule has 122 valence electrons. The monoisotopic (exact) mass is 315 g/mol. The predicted molar refractivity (Wildman–Crippen MR) is 86.0 cm³/mol. The van der Waals surface area contributed by atoms with Crippen molar-refractivity contribution >= 4 is 5.91 Å². The van der Waals surface area contributed by atoms with Crippen molar-refractivity contribution in [2.75, 3.05) is 39.3 Å². The Labute approximate surface area is 135 Å². The Bertz CT molecular complexity index is 622. The second-order valence-electron chi connectivity index (χ2n) is 5.52. The summed E-state index contributed by atoms with van der Waals surface area (Å²) in [7, 11) is 0. The molecule has 2 aromatic rings. The number of carbonyl (C=O) groups excluding carboxylic acids is 1. The van der Waals surface area contributed by atoms with Crippen molar-refractivity contribution in [3.05, 3.63) is 36.3 Å². The fraction of sp³-hybridized carbons (Fsp3) is 0.438. The van der Waals surface area contributed by atoms with E-state index >= 15 is 0 Å². The summed E-state index contributed by atoms with van der Waals surface area (Å²) in [5, 5.41) is 10.0. The number of carbonyl (C=O) groups is 1. The minimum atomic E-state index is -0.204. The Morgan fingerprint density at radius 1 is 1.39 bits per heavy atom. The van der Waals surface area contributed by atoms with Crippen molar-refractivity contribution in [3.63, 3.8) is 0 Å². The first-order chi connectivity index (χ1) is 11.3. The van der Waals surface area contributed by atoms with Crippen LogP contribution in [0.25, 0.3) is 11.3 Å². The standard InChI is InChI=1S/C16H21N5O2/c22-16(19-5-2-8-21-9-6-17-7-10-21)14-11-15(23-20-14)13-3-1-4-18-12-13/h1,3-4,11-12,17H,2,5-10H2,(H,19,22). The van der Waals surface area contributed by atoms with Gasteiger partial charge in [0.1, 0.15) is 0 Å². The summed E-state index contributed by atoms with van der Waals surface area (Å²) in [5.74, 6) is 0.341. The van der Waals surface area contributed by atoms with Gasteiger partial charge in [-0.3, -0.25) is 9.78 Å². The van der Waals surface area contributed by atoms with E-state index in [2.05, 4.69) is 25.7 Å². The molecule has 23 heavy (non-hydrogen) atoms. The summed E-state index contributed by atoms with van der Waals surface area (Å²) in [6.07, 6.45) is 4.29. The van der Waals surface area contributed by atoms with Crippen LogP contribution in [0.3, 0.4) is 0 Å². The molecule has 0 radical (unpaired) electrons. The first kappa shape index (κ1) is 15.6. The van der Waals surface area contributed by atoms with Crippen LogP contribution in [0.15, 0.2) is 35.1 Å². The second kappa shape index (κ2) is 7.85. The molecular weight excluding hydrogens is 294 g/mol. The average Bonchev–Trinajstić information content (AvgIpc) is 3.10. The third-order valence-electron chi connectivity index (χ3n) is 3.84. The van der Waals surface area contributed by atoms with Crippen LogP contribution in [0.5, 0.6) is 0 Å². The van der Waals surface area contributed by atoms with E-state index in [-0.39, 0.29) is 5.91 Å². The highest BCUT2D eigenvalue weighted by Crippen LogP contribution is 2.18. The molecule has 0 unspecified atom stereocenters. The van der Waals surface area contributed by atoms with Gasteiger partial charge >= 0.3 is 0 Å². The van der Waals surface area contributed by atoms with Gasteiger partial charge in [-0.25, -0.2) is 0 Å². The van der Waals surface area contributed by atoms with Crippen LogP contribution >= 0.6 is 0 Å². The molecule has 1 fully saturated rings. The molecule has 7 heteroatoms. The van der Waals surface area contributed by atoms with E-state index < -0.39 is 0 Å². The highest BCUT2D eigenvalue weighted by atomic mass is 16.5. The number of pyridine rings is 1. The lowest BCUT2D eigenvalue weighted by atomic mass is 10.2. The lowest BCUT2D eigenvalue weighted by Crippen LogP contribution is -2.44. The molecule has 1 saturated heterocycles. The van der Waals surface area contributed by atoms with Crippen LogP contribution in [-0.4, -0.2) is 60.2 Å². The summed E-state index contributed by atoms with van der Waals surface area (Å²) >= 11 is 0. The first-order valence-corrected chi connectivity index (χ1v) is 7.91. The summed E-state index contributed by atoms with van der Waals surface area (Å²) < 4.78 is 5.21. The number of amides is 1. The van der Waals surface area contributed by atoms with Crippen LogP contribution in [0.4, 0.5) is 0 Å². The minimum Gasteiger partial charge on any atom is -0.355 e. The molecule has 3 heterocycles. The van der Waals surface area contributed by atoms with Gasteiger partial charge in [-0.1, -0.05) is 5.16 Å². The maximum atomic E-state index is 12.1. The quantitative estimate of drug-likeness (QED) is 0.766. The van der Waals surface area contributed by atoms with E-state index in [4.69, 9.17) is 4.52 Å². The molecule has 1 amide bonds. The van der Waals surface area contributed by atoms with Gasteiger partial charge in [0.2, 0.25) is 0 Å². The van der Waals surface area contributed by atoms with Crippen LogP contribution in [0, 0.1) is 0 Å². The molecule has 0 aliphatic carbocycles. The summed E-state index contributed by atoms with van der Waals surface area (Å²) in [5.41, 5.74) is 1.10. The molecule has 2 aromatic heterocycles. The smallest absolute Gasteiger partial charge is 0.273 e. The van der Waals surface area contributed by atoms with E-state index in [1.165, 1.54) is 0 Å². The van der Waals surface area contributed by atoms with E-state index in [9.17, 15) is 4.79 Å². The molecule has 0 aromatic carbocycles. The molecule has 1 aliphatic rings. The minimum absolute atomic E-state index is 0.204. The zero-order valence-corrected chi connectivity index (χ0v) is 13.0. The van der Waals surface area contributed by atoms with Gasteiger partial charge in [0, 0.05) is 56.7 Å². The first-order valence-electron chi connectivity index (χ1n) is 7.91. The van der Waals surface area contributed by atoms with Gasteiger partial charge in [0.05, 0.1) is 0 Å². The number of rotatable bonds is 6. The van der Waals surface area contributed by atoms with E-state index in [0.717, 1.165) is 44.7 Å². The number of hydrogen-bond acceptors (Lipinski definition) is 6. The van der Waals surface area contributed by atoms with Gasteiger partial charge in [-0.05, 0) is 25.1 Å². The number of hydrogen-bond donors (Lipinski definition) is 2. The molecule has 0 bridgehead atoms.